The highest BCUT2D eigenvalue weighted by Gasteiger charge is 2.60. The fourth-order valence-corrected chi connectivity index (χ4v) is 20.9. The largest absolute Gasteiger partial charge is 0.415 e. The Bertz CT molecular complexity index is 1220. The third kappa shape index (κ3) is 18.2. The Morgan fingerprint density at radius 2 is 1.23 bits per heavy atom. The number of aliphatic hydroxyl groups excluding tert-OH is 1. The SMILES string of the molecule is CCCCCCCCOC(CCCCCN(CCCCO)CCC[C@@H](C)C1CCC2C3CCC4C[C@H](OC)CC[C@]4(C)C3CC[C@@]21C)O[Si](C)(C)O[Si](C)(C)OCCCCCCCC. The van der Waals surface area contributed by atoms with Crippen molar-refractivity contribution in [2.75, 3.05) is 46.6 Å². The summed E-state index contributed by atoms with van der Waals surface area (Å²) in [5.74, 6) is 5.42. The molecule has 64 heavy (non-hydrogen) atoms. The number of nitrogens with zero attached hydrogens (tertiary/aromatic N) is 1. The molecule has 0 radical (unpaired) electrons. The summed E-state index contributed by atoms with van der Waals surface area (Å²) in [5, 5.41) is 9.62. The molecule has 1 N–H and O–H groups in total. The van der Waals surface area contributed by atoms with Crippen LogP contribution in [-0.2, 0) is 22.4 Å². The van der Waals surface area contributed by atoms with Crippen molar-refractivity contribution >= 4 is 17.1 Å². The van der Waals surface area contributed by atoms with E-state index in [9.17, 15) is 5.11 Å². The van der Waals surface area contributed by atoms with E-state index in [0.29, 0.717) is 23.5 Å². The first kappa shape index (κ1) is 56.7. The van der Waals surface area contributed by atoms with E-state index < -0.39 is 17.1 Å². The summed E-state index contributed by atoms with van der Waals surface area (Å²) in [6.07, 6.45) is 37.4. The zero-order chi connectivity index (χ0) is 46.5. The van der Waals surface area contributed by atoms with Crippen molar-refractivity contribution in [1.82, 2.24) is 4.90 Å². The van der Waals surface area contributed by atoms with Crippen LogP contribution in [0.25, 0.3) is 0 Å². The highest BCUT2D eigenvalue weighted by Crippen LogP contribution is 2.68. The molecule has 4 fully saturated rings. The Morgan fingerprint density at radius 1 is 0.625 bits per heavy atom. The molecule has 0 heterocycles. The molecule has 4 aliphatic carbocycles. The van der Waals surface area contributed by atoms with Crippen LogP contribution in [0.15, 0.2) is 0 Å². The second kappa shape index (κ2) is 29.4. The lowest BCUT2D eigenvalue weighted by atomic mass is 9.44. The van der Waals surface area contributed by atoms with E-state index in [1.54, 1.807) is 0 Å². The first-order valence-electron chi connectivity index (χ1n) is 28.2. The minimum absolute atomic E-state index is 0.205. The Kier molecular flexibility index (Phi) is 26.0. The van der Waals surface area contributed by atoms with Crippen molar-refractivity contribution in [3.63, 3.8) is 0 Å². The minimum Gasteiger partial charge on any atom is -0.415 e. The quantitative estimate of drug-likeness (QED) is 0.0381. The van der Waals surface area contributed by atoms with Gasteiger partial charge in [0.2, 0.25) is 0 Å². The molecule has 9 heteroatoms. The van der Waals surface area contributed by atoms with Gasteiger partial charge in [0, 0.05) is 26.9 Å². The summed E-state index contributed by atoms with van der Waals surface area (Å²) in [4.78, 5) is 2.73. The maximum atomic E-state index is 9.62. The molecule has 0 spiro atoms. The maximum absolute atomic E-state index is 9.62. The van der Waals surface area contributed by atoms with Gasteiger partial charge in [0.1, 0.15) is 6.29 Å². The Balaban J connectivity index is 1.22. The average molecular weight is 937 g/mol. The molecule has 0 saturated heterocycles. The van der Waals surface area contributed by atoms with Gasteiger partial charge in [-0.15, -0.1) is 0 Å². The van der Waals surface area contributed by atoms with E-state index in [0.717, 1.165) is 100 Å². The van der Waals surface area contributed by atoms with E-state index in [4.69, 9.17) is 22.4 Å². The lowest BCUT2D eigenvalue weighted by molar-refractivity contribution is -0.133. The molecule has 0 aromatic carbocycles. The standard InChI is InChI=1S/C55H109NO6Si2/c1-11-13-15-17-19-26-43-59-53(61-64(9,10)62-63(7,8)60-44-27-20-18-16-14-12-2)30-22-21-23-39-56(40-24-25-42-57)41-28-29-46(3)50-33-34-51-49-32-31-47-45-48(58-6)35-37-54(47,4)52(49)36-38-55(50,51)5/h46-53,57H,11-45H2,1-10H3/t46-,47?,48-,49?,50?,51?,52?,53?,54+,55-/m1/s1. The van der Waals surface area contributed by atoms with Crippen LogP contribution in [0.2, 0.25) is 26.2 Å². The molecule has 7 nitrogen and oxygen atoms in total. The molecule has 10 atom stereocenters. The van der Waals surface area contributed by atoms with Crippen LogP contribution in [-0.4, -0.2) is 86.1 Å². The number of methoxy groups -OCH3 is 1. The Labute approximate surface area is 400 Å². The summed E-state index contributed by atoms with van der Waals surface area (Å²) in [5.41, 5.74) is 1.09. The zero-order valence-electron chi connectivity index (χ0n) is 44.3. The molecular formula is C55H109NO6Si2. The van der Waals surface area contributed by atoms with Crippen molar-refractivity contribution in [3.05, 3.63) is 0 Å². The molecule has 378 valence electrons. The first-order chi connectivity index (χ1) is 30.7. The predicted octanol–water partition coefficient (Wildman–Crippen LogP) is 15.2. The van der Waals surface area contributed by atoms with Crippen LogP contribution in [0, 0.1) is 46.3 Å². The van der Waals surface area contributed by atoms with Crippen molar-refractivity contribution in [2.45, 2.75) is 259 Å². The summed E-state index contributed by atoms with van der Waals surface area (Å²) in [6.45, 7) is 26.7. The smallest absolute Gasteiger partial charge is 0.324 e. The summed E-state index contributed by atoms with van der Waals surface area (Å²) >= 11 is 0. The van der Waals surface area contributed by atoms with Crippen LogP contribution in [0.1, 0.15) is 221 Å². The van der Waals surface area contributed by atoms with E-state index in [1.165, 1.54) is 154 Å². The number of rotatable bonds is 36. The molecule has 4 rings (SSSR count). The number of hydrogen-bond donors (Lipinski definition) is 1. The van der Waals surface area contributed by atoms with E-state index in [2.05, 4.69) is 65.7 Å². The highest BCUT2D eigenvalue weighted by atomic mass is 28.5. The third-order valence-corrected chi connectivity index (χ3v) is 23.5. The fourth-order valence-electron chi connectivity index (χ4n) is 14.3. The lowest BCUT2D eigenvalue weighted by Gasteiger charge is -2.61. The van der Waals surface area contributed by atoms with Gasteiger partial charge in [0.05, 0.1) is 6.10 Å². The van der Waals surface area contributed by atoms with Gasteiger partial charge in [0.15, 0.2) is 0 Å². The molecule has 4 aliphatic rings. The van der Waals surface area contributed by atoms with E-state index in [1.807, 2.05) is 7.11 Å². The van der Waals surface area contributed by atoms with Gasteiger partial charge in [-0.2, -0.15) is 0 Å². The van der Waals surface area contributed by atoms with Gasteiger partial charge >= 0.3 is 17.1 Å². The van der Waals surface area contributed by atoms with Crippen LogP contribution < -0.4 is 0 Å². The number of ether oxygens (including phenoxy) is 2. The van der Waals surface area contributed by atoms with Gasteiger partial charge < -0.3 is 32.4 Å². The second-order valence-electron chi connectivity index (χ2n) is 23.5. The van der Waals surface area contributed by atoms with Gasteiger partial charge in [-0.25, -0.2) is 0 Å². The van der Waals surface area contributed by atoms with Crippen molar-refractivity contribution < 1.29 is 27.5 Å². The molecule has 0 amide bonds. The molecule has 4 saturated carbocycles. The number of fused-ring (bicyclic) bond motifs is 5. The molecular weight excluding hydrogens is 827 g/mol. The second-order valence-corrected chi connectivity index (χ2v) is 30.4. The van der Waals surface area contributed by atoms with E-state index in [-0.39, 0.29) is 6.29 Å². The average Bonchev–Trinajstić information content (AvgIpc) is 3.61. The van der Waals surface area contributed by atoms with Crippen LogP contribution in [0.4, 0.5) is 0 Å². The lowest BCUT2D eigenvalue weighted by Crippen LogP contribution is -2.54. The van der Waals surface area contributed by atoms with Crippen molar-refractivity contribution in [3.8, 4) is 0 Å². The fraction of sp³-hybridized carbons (Fsp3) is 1.00. The number of hydrogen-bond acceptors (Lipinski definition) is 7. The monoisotopic (exact) mass is 936 g/mol. The summed E-state index contributed by atoms with van der Waals surface area (Å²) in [7, 11) is -2.83. The van der Waals surface area contributed by atoms with E-state index >= 15 is 0 Å². The number of aliphatic hydroxyl groups is 1. The zero-order valence-corrected chi connectivity index (χ0v) is 46.3. The Morgan fingerprint density at radius 3 is 1.92 bits per heavy atom. The number of unbranched alkanes of at least 4 members (excludes halogenated alkanes) is 13. The Hall–Kier alpha value is 0.154. The van der Waals surface area contributed by atoms with Crippen LogP contribution in [0.5, 0.6) is 0 Å². The molecule has 0 aromatic heterocycles. The molecule has 6 unspecified atom stereocenters. The van der Waals surface area contributed by atoms with Crippen LogP contribution in [0.3, 0.4) is 0 Å². The maximum Gasteiger partial charge on any atom is 0.324 e. The van der Waals surface area contributed by atoms with Gasteiger partial charge in [-0.3, -0.25) is 0 Å². The normalized spacial score (nSPS) is 29.4. The first-order valence-corrected chi connectivity index (χ1v) is 33.8. The summed E-state index contributed by atoms with van der Waals surface area (Å²) in [6, 6.07) is 0. The van der Waals surface area contributed by atoms with Gasteiger partial charge in [-0.1, -0.05) is 105 Å². The van der Waals surface area contributed by atoms with Crippen molar-refractivity contribution in [1.29, 1.82) is 0 Å². The molecule has 0 aliphatic heterocycles. The van der Waals surface area contributed by atoms with Gasteiger partial charge in [-0.05, 0) is 208 Å². The summed E-state index contributed by atoms with van der Waals surface area (Å²) < 4.78 is 32.4. The van der Waals surface area contributed by atoms with Crippen LogP contribution >= 0.6 is 0 Å². The molecule has 0 bridgehead atoms. The van der Waals surface area contributed by atoms with Crippen molar-refractivity contribution in [2.24, 2.45) is 46.3 Å². The predicted molar refractivity (Wildman–Crippen MR) is 275 cm³/mol. The highest BCUT2D eigenvalue weighted by molar-refractivity contribution is 6.78. The molecule has 0 aromatic rings. The minimum atomic E-state index is -2.47. The van der Waals surface area contributed by atoms with Gasteiger partial charge in [0.25, 0.3) is 0 Å². The third-order valence-electron chi connectivity index (χ3n) is 17.8. The topological polar surface area (TPSA) is 69.6 Å².